The van der Waals surface area contributed by atoms with Crippen molar-refractivity contribution in [1.29, 1.82) is 5.26 Å². The molecule has 0 N–H and O–H groups in total. The first-order valence-corrected chi connectivity index (χ1v) is 8.30. The topological polar surface area (TPSA) is 53.9 Å². The molecule has 1 heterocycles. The van der Waals surface area contributed by atoms with E-state index in [9.17, 15) is 5.26 Å². The van der Waals surface area contributed by atoms with E-state index >= 15 is 0 Å². The van der Waals surface area contributed by atoms with E-state index in [2.05, 4.69) is 47.4 Å². The normalized spacial score (nSPS) is 11.1. The van der Waals surface area contributed by atoms with Crippen molar-refractivity contribution in [3.63, 3.8) is 0 Å². The average molecular weight is 312 g/mol. The van der Waals surface area contributed by atoms with Gasteiger partial charge in [-0.25, -0.2) is 4.85 Å². The maximum atomic E-state index is 9.61. The lowest BCUT2D eigenvalue weighted by Gasteiger charge is -2.14. The molecule has 0 amide bonds. The van der Waals surface area contributed by atoms with Gasteiger partial charge in [-0.3, -0.25) is 0 Å². The first-order valence-electron chi connectivity index (χ1n) is 7.57. The predicted molar refractivity (Wildman–Crippen MR) is 90.1 cm³/mol. The number of benzene rings is 1. The Morgan fingerprint density at radius 3 is 2.27 bits per heavy atom. The fourth-order valence-corrected chi connectivity index (χ4v) is 3.23. The molecule has 0 atom stereocenters. The summed E-state index contributed by atoms with van der Waals surface area (Å²) in [5.74, 6) is 0.943. The molecule has 22 heavy (non-hydrogen) atoms. The Bertz CT molecular complexity index is 760. The highest BCUT2D eigenvalue weighted by Gasteiger charge is 2.22. The Morgan fingerprint density at radius 1 is 1.14 bits per heavy atom. The summed E-state index contributed by atoms with van der Waals surface area (Å²) < 4.78 is 8.85. The highest BCUT2D eigenvalue weighted by atomic mass is 32.1. The number of hydrogen-bond donors (Lipinski definition) is 0. The number of fused-ring (bicyclic) bond motifs is 1. The summed E-state index contributed by atoms with van der Waals surface area (Å²) in [7, 11) is 0. The summed E-state index contributed by atoms with van der Waals surface area (Å²) in [5, 5.41) is 9.61. The average Bonchev–Trinajstić information content (AvgIpc) is 2.93. The molecule has 2 rings (SSSR count). The quantitative estimate of drug-likeness (QED) is 0.738. The van der Waals surface area contributed by atoms with Crippen molar-refractivity contribution in [2.75, 3.05) is 0 Å². The van der Waals surface area contributed by atoms with E-state index in [1.54, 1.807) is 0 Å². The number of aromatic nitrogens is 2. The SMILES string of the molecule is [C-]#[N+]c1c(C#N)c(CCC(C)C)c2nsnc2c1CC(C)C. The minimum Gasteiger partial charge on any atom is -0.236 e. The standard InChI is InChI=1S/C17H20N4S/c1-10(2)6-7-12-14(9-18)15(19-5)13(8-11(3)4)17-16(12)20-22-21-17/h10-11H,6-8H2,1-4H3. The van der Waals surface area contributed by atoms with Crippen molar-refractivity contribution >= 4 is 28.4 Å². The third-order valence-electron chi connectivity index (χ3n) is 3.69. The van der Waals surface area contributed by atoms with Crippen molar-refractivity contribution in [3.05, 3.63) is 28.1 Å². The molecule has 0 fully saturated rings. The van der Waals surface area contributed by atoms with Gasteiger partial charge in [-0.15, -0.1) is 0 Å². The third-order valence-corrected chi connectivity index (χ3v) is 4.22. The van der Waals surface area contributed by atoms with E-state index in [1.165, 1.54) is 11.7 Å². The lowest BCUT2D eigenvalue weighted by molar-refractivity contribution is 0.587. The monoisotopic (exact) mass is 312 g/mol. The summed E-state index contributed by atoms with van der Waals surface area (Å²) >= 11 is 1.17. The molecule has 5 heteroatoms. The fraction of sp³-hybridized carbons (Fsp3) is 0.529. The van der Waals surface area contributed by atoms with Gasteiger partial charge in [-0.1, -0.05) is 27.7 Å². The van der Waals surface area contributed by atoms with Crippen LogP contribution in [0.25, 0.3) is 15.9 Å². The van der Waals surface area contributed by atoms with Crippen molar-refractivity contribution in [2.24, 2.45) is 11.8 Å². The van der Waals surface area contributed by atoms with Crippen LogP contribution in [0.15, 0.2) is 0 Å². The van der Waals surface area contributed by atoms with Crippen LogP contribution in [0.4, 0.5) is 5.69 Å². The van der Waals surface area contributed by atoms with Crippen LogP contribution in [0.5, 0.6) is 0 Å². The van der Waals surface area contributed by atoms with Gasteiger partial charge in [0.25, 0.3) is 0 Å². The molecule has 1 aromatic carbocycles. The molecule has 0 spiro atoms. The van der Waals surface area contributed by atoms with Crippen LogP contribution in [-0.2, 0) is 12.8 Å². The minimum absolute atomic E-state index is 0.401. The smallest absolute Gasteiger partial charge is 0.210 e. The van der Waals surface area contributed by atoms with Crippen LogP contribution in [0, 0.1) is 29.7 Å². The number of rotatable bonds is 5. The van der Waals surface area contributed by atoms with Crippen LogP contribution in [-0.4, -0.2) is 8.75 Å². The molecule has 0 aliphatic carbocycles. The van der Waals surface area contributed by atoms with E-state index in [1.807, 2.05) is 0 Å². The fourth-order valence-electron chi connectivity index (χ4n) is 2.63. The molecular formula is C17H20N4S. The lowest BCUT2D eigenvalue weighted by atomic mass is 9.90. The molecule has 114 valence electrons. The van der Waals surface area contributed by atoms with Crippen LogP contribution < -0.4 is 0 Å². The van der Waals surface area contributed by atoms with Gasteiger partial charge in [0.2, 0.25) is 5.69 Å². The van der Waals surface area contributed by atoms with E-state index < -0.39 is 0 Å². The Hall–Kier alpha value is -1.98. The second-order valence-electron chi connectivity index (χ2n) is 6.40. The first-order chi connectivity index (χ1) is 10.5. The second-order valence-corrected chi connectivity index (χ2v) is 6.92. The Balaban J connectivity index is 2.73. The van der Waals surface area contributed by atoms with Gasteiger partial charge < -0.3 is 0 Å². The molecule has 0 radical (unpaired) electrons. The summed E-state index contributed by atoms with van der Waals surface area (Å²) in [6.07, 6.45) is 2.49. The van der Waals surface area contributed by atoms with E-state index in [0.29, 0.717) is 23.1 Å². The molecule has 0 saturated heterocycles. The molecule has 0 unspecified atom stereocenters. The van der Waals surface area contributed by atoms with Crippen LogP contribution in [0.2, 0.25) is 0 Å². The van der Waals surface area contributed by atoms with Crippen LogP contribution in [0.3, 0.4) is 0 Å². The van der Waals surface area contributed by atoms with Gasteiger partial charge in [0.1, 0.15) is 5.52 Å². The summed E-state index contributed by atoms with van der Waals surface area (Å²) in [5.41, 5.74) is 4.42. The maximum absolute atomic E-state index is 9.61. The minimum atomic E-state index is 0.401. The van der Waals surface area contributed by atoms with Gasteiger partial charge >= 0.3 is 0 Å². The predicted octanol–water partition coefficient (Wildman–Crippen LogP) is 4.90. The highest BCUT2D eigenvalue weighted by molar-refractivity contribution is 7.00. The first kappa shape index (κ1) is 16.4. The maximum Gasteiger partial charge on any atom is 0.210 e. The number of nitrogens with zero attached hydrogens (tertiary/aromatic N) is 4. The third kappa shape index (κ3) is 3.10. The molecule has 4 nitrogen and oxygen atoms in total. The van der Waals surface area contributed by atoms with Gasteiger partial charge in [-0.2, -0.15) is 14.0 Å². The van der Waals surface area contributed by atoms with Crippen molar-refractivity contribution in [3.8, 4) is 6.07 Å². The zero-order chi connectivity index (χ0) is 16.3. The van der Waals surface area contributed by atoms with Crippen molar-refractivity contribution < 1.29 is 0 Å². The van der Waals surface area contributed by atoms with E-state index in [0.717, 1.165) is 41.4 Å². The van der Waals surface area contributed by atoms with Gasteiger partial charge in [0.15, 0.2) is 0 Å². The van der Waals surface area contributed by atoms with Crippen molar-refractivity contribution in [2.45, 2.75) is 47.0 Å². The van der Waals surface area contributed by atoms with Crippen LogP contribution in [0.1, 0.15) is 50.8 Å². The zero-order valence-corrected chi connectivity index (χ0v) is 14.3. The molecular weight excluding hydrogens is 292 g/mol. The van der Waals surface area contributed by atoms with Gasteiger partial charge in [0, 0.05) is 0 Å². The number of nitriles is 1. The second kappa shape index (κ2) is 6.85. The van der Waals surface area contributed by atoms with E-state index in [-0.39, 0.29) is 0 Å². The molecule has 0 aliphatic heterocycles. The Morgan fingerprint density at radius 2 is 1.77 bits per heavy atom. The molecule has 0 aliphatic rings. The number of aryl methyl sites for hydroxylation is 1. The summed E-state index contributed by atoms with van der Waals surface area (Å²) in [6.45, 7) is 16.1. The zero-order valence-electron chi connectivity index (χ0n) is 13.5. The molecule has 0 saturated carbocycles. The van der Waals surface area contributed by atoms with Crippen molar-refractivity contribution in [1.82, 2.24) is 8.75 Å². The Labute approximate surface area is 135 Å². The van der Waals surface area contributed by atoms with E-state index in [4.69, 9.17) is 6.57 Å². The molecule has 1 aromatic heterocycles. The molecule has 0 bridgehead atoms. The largest absolute Gasteiger partial charge is 0.236 e. The Kier molecular flexibility index (Phi) is 5.11. The highest BCUT2D eigenvalue weighted by Crippen LogP contribution is 2.37. The summed E-state index contributed by atoms with van der Waals surface area (Å²) in [6, 6.07) is 2.26. The van der Waals surface area contributed by atoms with Gasteiger partial charge in [0.05, 0.1) is 35.4 Å². The molecule has 2 aromatic rings. The van der Waals surface area contributed by atoms with Gasteiger partial charge in [-0.05, 0) is 42.2 Å². The number of hydrogen-bond acceptors (Lipinski definition) is 4. The summed E-state index contributed by atoms with van der Waals surface area (Å²) in [4.78, 5) is 3.68. The lowest BCUT2D eigenvalue weighted by Crippen LogP contribution is -2.02. The van der Waals surface area contributed by atoms with Crippen LogP contribution >= 0.6 is 11.7 Å².